The highest BCUT2D eigenvalue weighted by molar-refractivity contribution is 5.72. The molecule has 0 spiro atoms. The van der Waals surface area contributed by atoms with Crippen LogP contribution in [0.3, 0.4) is 0 Å². The first-order valence-corrected chi connectivity index (χ1v) is 8.47. The van der Waals surface area contributed by atoms with Crippen LogP contribution in [0.5, 0.6) is 0 Å². The van der Waals surface area contributed by atoms with Gasteiger partial charge in [0, 0.05) is 13.1 Å². The molecule has 1 fully saturated rings. The van der Waals surface area contributed by atoms with Gasteiger partial charge in [0.15, 0.2) is 5.65 Å². The summed E-state index contributed by atoms with van der Waals surface area (Å²) < 4.78 is 44.9. The molecule has 1 saturated heterocycles. The fourth-order valence-corrected chi connectivity index (χ4v) is 2.84. The Hall–Kier alpha value is -2.39. The molecule has 1 aliphatic rings. The number of hydrogen-bond donors (Lipinski definition) is 0. The summed E-state index contributed by atoms with van der Waals surface area (Å²) in [6.07, 6.45) is -3.48. The molecule has 0 aliphatic carbocycles. The molecule has 0 radical (unpaired) electrons. The molecule has 0 aromatic carbocycles. The Morgan fingerprint density at radius 1 is 1.27 bits per heavy atom. The fourth-order valence-electron chi connectivity index (χ4n) is 2.84. The van der Waals surface area contributed by atoms with Crippen LogP contribution >= 0.6 is 0 Å². The maximum atomic E-state index is 13.0. The topological polar surface area (TPSA) is 72.6 Å². The fraction of sp³-hybridized carbons (Fsp3) is 0.625. The molecule has 7 nitrogen and oxygen atoms in total. The standard InChI is InChI=1S/C16H20F3N5O2/c1-10(2)9-26-14(25)11-5-7-23(8-6-11)13-4-3-12-20-21-15(16(17,18)19)24(12)22-13/h3-4,10-11H,5-9H2,1-2H3. The number of hydrogen-bond acceptors (Lipinski definition) is 6. The number of esters is 1. The number of nitrogens with zero attached hydrogens (tertiary/aromatic N) is 5. The Balaban J connectivity index is 1.69. The summed E-state index contributed by atoms with van der Waals surface area (Å²) in [5.41, 5.74) is 0.0354. The maximum Gasteiger partial charge on any atom is 0.453 e. The van der Waals surface area contributed by atoms with Crippen LogP contribution in [0.2, 0.25) is 0 Å². The number of alkyl halides is 3. The van der Waals surface area contributed by atoms with Crippen LogP contribution in [0.1, 0.15) is 32.5 Å². The number of carbonyl (C=O) groups is 1. The van der Waals surface area contributed by atoms with Gasteiger partial charge in [-0.05, 0) is 30.9 Å². The normalized spacial score (nSPS) is 16.5. The van der Waals surface area contributed by atoms with Crippen LogP contribution in [-0.4, -0.2) is 45.5 Å². The van der Waals surface area contributed by atoms with Crippen LogP contribution in [0.25, 0.3) is 5.65 Å². The van der Waals surface area contributed by atoms with E-state index in [1.807, 2.05) is 18.7 Å². The molecule has 3 heterocycles. The number of fused-ring (bicyclic) bond motifs is 1. The number of aromatic nitrogens is 4. The zero-order valence-electron chi connectivity index (χ0n) is 14.5. The molecule has 26 heavy (non-hydrogen) atoms. The van der Waals surface area contributed by atoms with E-state index >= 15 is 0 Å². The summed E-state index contributed by atoms with van der Waals surface area (Å²) in [5, 5.41) is 10.7. The predicted octanol–water partition coefficient (Wildman–Crippen LogP) is 2.56. The van der Waals surface area contributed by atoms with Gasteiger partial charge >= 0.3 is 12.1 Å². The van der Waals surface area contributed by atoms with Crippen molar-refractivity contribution in [2.24, 2.45) is 11.8 Å². The van der Waals surface area contributed by atoms with Gasteiger partial charge in [0.2, 0.25) is 0 Å². The monoisotopic (exact) mass is 371 g/mol. The molecule has 2 aromatic rings. The van der Waals surface area contributed by atoms with Crippen LogP contribution in [0.4, 0.5) is 19.0 Å². The van der Waals surface area contributed by atoms with E-state index in [9.17, 15) is 18.0 Å². The van der Waals surface area contributed by atoms with E-state index in [1.165, 1.54) is 6.07 Å². The first-order valence-electron chi connectivity index (χ1n) is 8.47. The van der Waals surface area contributed by atoms with E-state index in [0.29, 0.717) is 42.9 Å². The lowest BCUT2D eigenvalue weighted by atomic mass is 9.97. The van der Waals surface area contributed by atoms with Gasteiger partial charge in [-0.3, -0.25) is 4.79 Å². The van der Waals surface area contributed by atoms with Crippen molar-refractivity contribution in [1.82, 2.24) is 19.8 Å². The number of anilines is 1. The second kappa shape index (κ2) is 7.08. The third-order valence-electron chi connectivity index (χ3n) is 4.21. The lowest BCUT2D eigenvalue weighted by Gasteiger charge is -2.31. The average Bonchev–Trinajstić information content (AvgIpc) is 3.03. The molecule has 0 amide bonds. The molecular weight excluding hydrogens is 351 g/mol. The summed E-state index contributed by atoms with van der Waals surface area (Å²) in [4.78, 5) is 13.9. The minimum atomic E-state index is -4.63. The van der Waals surface area contributed by atoms with E-state index in [1.54, 1.807) is 6.07 Å². The molecule has 1 aliphatic heterocycles. The molecule has 2 aromatic heterocycles. The van der Waals surface area contributed by atoms with E-state index in [2.05, 4.69) is 15.3 Å². The van der Waals surface area contributed by atoms with Gasteiger partial charge in [0.25, 0.3) is 5.82 Å². The molecule has 0 saturated carbocycles. The second-order valence-corrected chi connectivity index (χ2v) is 6.77. The van der Waals surface area contributed by atoms with Crippen LogP contribution in [0, 0.1) is 11.8 Å². The van der Waals surface area contributed by atoms with Crippen molar-refractivity contribution >= 4 is 17.4 Å². The third kappa shape index (κ3) is 3.88. The quantitative estimate of drug-likeness (QED) is 0.769. The summed E-state index contributed by atoms with van der Waals surface area (Å²) in [6, 6.07) is 3.06. The first kappa shape index (κ1) is 18.4. The van der Waals surface area contributed by atoms with Gasteiger partial charge in [-0.1, -0.05) is 13.8 Å². The molecule has 0 atom stereocenters. The largest absolute Gasteiger partial charge is 0.465 e. The van der Waals surface area contributed by atoms with Gasteiger partial charge in [-0.2, -0.15) is 17.7 Å². The van der Waals surface area contributed by atoms with Crippen molar-refractivity contribution in [3.8, 4) is 0 Å². The van der Waals surface area contributed by atoms with E-state index in [-0.39, 0.29) is 23.5 Å². The Kier molecular flexibility index (Phi) is 5.01. The zero-order valence-corrected chi connectivity index (χ0v) is 14.5. The Bertz CT molecular complexity index is 782. The number of piperidine rings is 1. The van der Waals surface area contributed by atoms with Gasteiger partial charge in [0.05, 0.1) is 12.5 Å². The second-order valence-electron chi connectivity index (χ2n) is 6.77. The van der Waals surface area contributed by atoms with Crippen LogP contribution in [0.15, 0.2) is 12.1 Å². The Morgan fingerprint density at radius 3 is 2.58 bits per heavy atom. The van der Waals surface area contributed by atoms with Crippen molar-refractivity contribution < 1.29 is 22.7 Å². The highest BCUT2D eigenvalue weighted by atomic mass is 19.4. The Labute approximate surface area is 148 Å². The molecule has 0 bridgehead atoms. The van der Waals surface area contributed by atoms with Gasteiger partial charge in [-0.25, -0.2) is 0 Å². The SMILES string of the molecule is CC(C)COC(=O)C1CCN(c2ccc3nnc(C(F)(F)F)n3n2)CC1. The van der Waals surface area contributed by atoms with Crippen molar-refractivity contribution in [3.63, 3.8) is 0 Å². The lowest BCUT2D eigenvalue weighted by Crippen LogP contribution is -2.37. The molecule has 10 heteroatoms. The number of carbonyl (C=O) groups excluding carboxylic acids is 1. The van der Waals surface area contributed by atoms with Crippen LogP contribution in [-0.2, 0) is 15.7 Å². The number of halogens is 3. The maximum absolute atomic E-state index is 13.0. The van der Waals surface area contributed by atoms with E-state index in [0.717, 1.165) is 0 Å². The minimum absolute atomic E-state index is 0.0354. The third-order valence-corrected chi connectivity index (χ3v) is 4.21. The highest BCUT2D eigenvalue weighted by Crippen LogP contribution is 2.28. The average molecular weight is 371 g/mol. The van der Waals surface area contributed by atoms with Crippen molar-refractivity contribution in [3.05, 3.63) is 18.0 Å². The van der Waals surface area contributed by atoms with Gasteiger partial charge in [-0.15, -0.1) is 15.3 Å². The highest BCUT2D eigenvalue weighted by Gasteiger charge is 2.38. The van der Waals surface area contributed by atoms with Gasteiger partial charge < -0.3 is 9.64 Å². The summed E-state index contributed by atoms with van der Waals surface area (Å²) >= 11 is 0. The molecule has 142 valence electrons. The number of ether oxygens (including phenoxy) is 1. The molecule has 0 unspecified atom stereocenters. The predicted molar refractivity (Wildman–Crippen MR) is 86.5 cm³/mol. The Morgan fingerprint density at radius 2 is 1.96 bits per heavy atom. The summed E-state index contributed by atoms with van der Waals surface area (Å²) in [5.74, 6) is -0.866. The molecular formula is C16H20F3N5O2. The molecule has 3 rings (SSSR count). The minimum Gasteiger partial charge on any atom is -0.465 e. The zero-order chi connectivity index (χ0) is 18.9. The molecule has 0 N–H and O–H groups in total. The smallest absolute Gasteiger partial charge is 0.453 e. The number of rotatable bonds is 4. The van der Waals surface area contributed by atoms with Crippen molar-refractivity contribution in [1.29, 1.82) is 0 Å². The van der Waals surface area contributed by atoms with E-state index < -0.39 is 12.0 Å². The van der Waals surface area contributed by atoms with Gasteiger partial charge in [0.1, 0.15) is 5.82 Å². The van der Waals surface area contributed by atoms with Crippen molar-refractivity contribution in [2.45, 2.75) is 32.9 Å². The first-order chi connectivity index (χ1) is 12.3. The summed E-state index contributed by atoms with van der Waals surface area (Å²) in [7, 11) is 0. The van der Waals surface area contributed by atoms with E-state index in [4.69, 9.17) is 4.74 Å². The lowest BCUT2D eigenvalue weighted by molar-refractivity contribution is -0.150. The summed E-state index contributed by atoms with van der Waals surface area (Å²) in [6.45, 7) is 5.37. The van der Waals surface area contributed by atoms with Crippen molar-refractivity contribution in [2.75, 3.05) is 24.6 Å². The van der Waals surface area contributed by atoms with Crippen LogP contribution < -0.4 is 4.90 Å².